The van der Waals surface area contributed by atoms with Crippen molar-refractivity contribution >= 4 is 11.5 Å². The lowest BCUT2D eigenvalue weighted by atomic mass is 9.96. The van der Waals surface area contributed by atoms with Crippen molar-refractivity contribution in [1.29, 1.82) is 0 Å². The maximum atomic E-state index is 14.0. The third-order valence-corrected chi connectivity index (χ3v) is 4.89. The standard InChI is InChI=1S/C18H25FN2O3/c1-13(22)18-15(19)3-2-4-16(18)20-11-17(14-5-8-24-12-14)21-6-9-23-10-7-21/h2-4,14,17,20H,5-12H2,1H3. The number of carbonyl (C=O) groups is 1. The molecular formula is C18H25FN2O3. The van der Waals surface area contributed by atoms with E-state index >= 15 is 0 Å². The van der Waals surface area contributed by atoms with Crippen LogP contribution in [0.4, 0.5) is 10.1 Å². The van der Waals surface area contributed by atoms with E-state index in [4.69, 9.17) is 9.47 Å². The van der Waals surface area contributed by atoms with Crippen LogP contribution in [-0.4, -0.2) is 62.8 Å². The highest BCUT2D eigenvalue weighted by molar-refractivity contribution is 5.99. The Labute approximate surface area is 142 Å². The largest absolute Gasteiger partial charge is 0.383 e. The van der Waals surface area contributed by atoms with Crippen LogP contribution >= 0.6 is 0 Å². The minimum absolute atomic E-state index is 0.140. The summed E-state index contributed by atoms with van der Waals surface area (Å²) in [6, 6.07) is 5.01. The molecule has 0 aliphatic carbocycles. The number of hydrogen-bond donors (Lipinski definition) is 1. The Kier molecular flexibility index (Phi) is 5.81. The van der Waals surface area contributed by atoms with Crippen LogP contribution in [0.1, 0.15) is 23.7 Å². The first-order valence-electron chi connectivity index (χ1n) is 8.59. The zero-order valence-electron chi connectivity index (χ0n) is 14.1. The first kappa shape index (κ1) is 17.3. The molecule has 0 spiro atoms. The second-order valence-corrected chi connectivity index (χ2v) is 6.44. The quantitative estimate of drug-likeness (QED) is 0.807. The van der Waals surface area contributed by atoms with E-state index in [0.29, 0.717) is 24.2 Å². The van der Waals surface area contributed by atoms with Gasteiger partial charge >= 0.3 is 0 Å². The molecule has 1 aromatic carbocycles. The Morgan fingerprint density at radius 3 is 2.79 bits per heavy atom. The number of hydrogen-bond acceptors (Lipinski definition) is 5. The fourth-order valence-corrected chi connectivity index (χ4v) is 3.60. The number of nitrogens with zero attached hydrogens (tertiary/aromatic N) is 1. The molecule has 6 heteroatoms. The van der Waals surface area contributed by atoms with Crippen LogP contribution in [0.15, 0.2) is 18.2 Å². The molecule has 2 aliphatic rings. The van der Waals surface area contributed by atoms with Gasteiger partial charge in [-0.2, -0.15) is 0 Å². The summed E-state index contributed by atoms with van der Waals surface area (Å²) in [5, 5.41) is 3.31. The van der Waals surface area contributed by atoms with Crippen molar-refractivity contribution in [3.8, 4) is 0 Å². The Morgan fingerprint density at radius 2 is 2.12 bits per heavy atom. The van der Waals surface area contributed by atoms with Crippen molar-refractivity contribution in [1.82, 2.24) is 4.90 Å². The zero-order chi connectivity index (χ0) is 16.9. The molecule has 2 atom stereocenters. The molecule has 2 unspecified atom stereocenters. The second-order valence-electron chi connectivity index (χ2n) is 6.44. The van der Waals surface area contributed by atoms with Crippen LogP contribution in [0.25, 0.3) is 0 Å². The molecule has 0 bridgehead atoms. The van der Waals surface area contributed by atoms with Crippen molar-refractivity contribution in [2.45, 2.75) is 19.4 Å². The highest BCUT2D eigenvalue weighted by atomic mass is 19.1. The maximum absolute atomic E-state index is 14.0. The Hall–Kier alpha value is -1.50. The van der Waals surface area contributed by atoms with Crippen LogP contribution in [-0.2, 0) is 9.47 Å². The molecule has 3 rings (SSSR count). The third-order valence-electron chi connectivity index (χ3n) is 4.89. The molecule has 5 nitrogen and oxygen atoms in total. The van der Waals surface area contributed by atoms with Gasteiger partial charge < -0.3 is 14.8 Å². The number of ketones is 1. The Bertz CT molecular complexity index is 569. The van der Waals surface area contributed by atoms with Crippen molar-refractivity contribution in [2.24, 2.45) is 5.92 Å². The Balaban J connectivity index is 1.73. The van der Waals surface area contributed by atoms with Gasteiger partial charge in [0.25, 0.3) is 0 Å². The summed E-state index contributed by atoms with van der Waals surface area (Å²) in [4.78, 5) is 14.2. The van der Waals surface area contributed by atoms with E-state index < -0.39 is 5.82 Å². The number of halogens is 1. The van der Waals surface area contributed by atoms with E-state index in [9.17, 15) is 9.18 Å². The van der Waals surface area contributed by atoms with Gasteiger partial charge in [0, 0.05) is 43.9 Å². The first-order chi connectivity index (χ1) is 11.7. The fraction of sp³-hybridized carbons (Fsp3) is 0.611. The van der Waals surface area contributed by atoms with Gasteiger partial charge in [-0.05, 0) is 25.5 Å². The smallest absolute Gasteiger partial charge is 0.164 e. The van der Waals surface area contributed by atoms with Crippen LogP contribution in [0.3, 0.4) is 0 Å². The van der Waals surface area contributed by atoms with Gasteiger partial charge in [-0.25, -0.2) is 4.39 Å². The van der Waals surface area contributed by atoms with Gasteiger partial charge in [0.15, 0.2) is 5.78 Å². The topological polar surface area (TPSA) is 50.8 Å². The summed E-state index contributed by atoms with van der Waals surface area (Å²) in [6.45, 7) is 6.88. The minimum Gasteiger partial charge on any atom is -0.383 e. The number of benzene rings is 1. The predicted octanol–water partition coefficient (Wildman–Crippen LogP) is 2.18. The van der Waals surface area contributed by atoms with Crippen molar-refractivity contribution in [3.05, 3.63) is 29.6 Å². The molecule has 0 aromatic heterocycles. The number of carbonyl (C=O) groups excluding carboxylic acids is 1. The van der Waals surface area contributed by atoms with Crippen LogP contribution < -0.4 is 5.32 Å². The highest BCUT2D eigenvalue weighted by Gasteiger charge is 2.31. The molecule has 1 aromatic rings. The summed E-state index contributed by atoms with van der Waals surface area (Å²) in [5.41, 5.74) is 0.709. The van der Waals surface area contributed by atoms with Gasteiger partial charge in [-0.15, -0.1) is 0 Å². The van der Waals surface area contributed by atoms with Crippen molar-refractivity contribution < 1.29 is 18.7 Å². The van der Waals surface area contributed by atoms with Crippen molar-refractivity contribution in [3.63, 3.8) is 0 Å². The molecule has 2 saturated heterocycles. The van der Waals surface area contributed by atoms with E-state index in [1.807, 2.05) is 0 Å². The number of rotatable bonds is 6. The molecule has 0 saturated carbocycles. The normalized spacial score (nSPS) is 23.2. The summed E-state index contributed by atoms with van der Waals surface area (Å²) in [6.07, 6.45) is 1.03. The number of Topliss-reactive ketones (excluding diaryl/α,β-unsaturated/α-hetero) is 1. The molecule has 24 heavy (non-hydrogen) atoms. The van der Waals surface area contributed by atoms with E-state index in [-0.39, 0.29) is 11.3 Å². The van der Waals surface area contributed by atoms with E-state index in [1.165, 1.54) is 13.0 Å². The molecule has 0 amide bonds. The lowest BCUT2D eigenvalue weighted by Gasteiger charge is -2.37. The second kappa shape index (κ2) is 8.05. The van der Waals surface area contributed by atoms with Gasteiger partial charge in [0.1, 0.15) is 5.82 Å². The molecule has 132 valence electrons. The number of anilines is 1. The maximum Gasteiger partial charge on any atom is 0.164 e. The van der Waals surface area contributed by atoms with Crippen LogP contribution in [0.2, 0.25) is 0 Å². The zero-order valence-corrected chi connectivity index (χ0v) is 14.1. The summed E-state index contributed by atoms with van der Waals surface area (Å²) in [5.74, 6) is -0.285. The van der Waals surface area contributed by atoms with Gasteiger partial charge in [0.05, 0.1) is 25.4 Å². The number of nitrogens with one attached hydrogen (secondary N) is 1. The average Bonchev–Trinajstić information content (AvgIpc) is 3.10. The van der Waals surface area contributed by atoms with Gasteiger partial charge in [-0.1, -0.05) is 6.07 Å². The molecule has 0 radical (unpaired) electrons. The fourth-order valence-electron chi connectivity index (χ4n) is 3.60. The van der Waals surface area contributed by atoms with E-state index in [1.54, 1.807) is 12.1 Å². The van der Waals surface area contributed by atoms with Crippen molar-refractivity contribution in [2.75, 3.05) is 51.4 Å². The molecule has 2 aliphatic heterocycles. The highest BCUT2D eigenvalue weighted by Crippen LogP contribution is 2.25. The van der Waals surface area contributed by atoms with E-state index in [2.05, 4.69) is 10.2 Å². The SMILES string of the molecule is CC(=O)c1c(F)cccc1NCC(C1CCOC1)N1CCOCC1. The number of ether oxygens (including phenoxy) is 2. The summed E-state index contributed by atoms with van der Waals surface area (Å²) < 4.78 is 25.0. The summed E-state index contributed by atoms with van der Waals surface area (Å²) in [7, 11) is 0. The number of morpholine rings is 1. The predicted molar refractivity (Wildman–Crippen MR) is 90.0 cm³/mol. The molecule has 2 heterocycles. The Morgan fingerprint density at radius 1 is 1.33 bits per heavy atom. The van der Waals surface area contributed by atoms with Gasteiger partial charge in [0.2, 0.25) is 0 Å². The molecule has 2 fully saturated rings. The molecular weight excluding hydrogens is 311 g/mol. The lowest BCUT2D eigenvalue weighted by molar-refractivity contribution is 0.00461. The monoisotopic (exact) mass is 336 g/mol. The summed E-state index contributed by atoms with van der Waals surface area (Å²) >= 11 is 0. The average molecular weight is 336 g/mol. The van der Waals surface area contributed by atoms with E-state index in [0.717, 1.165) is 45.9 Å². The first-order valence-corrected chi connectivity index (χ1v) is 8.59. The van der Waals surface area contributed by atoms with Crippen LogP contribution in [0, 0.1) is 11.7 Å². The molecule has 1 N–H and O–H groups in total. The van der Waals surface area contributed by atoms with Gasteiger partial charge in [-0.3, -0.25) is 9.69 Å². The lowest BCUT2D eigenvalue weighted by Crippen LogP contribution is -2.50. The minimum atomic E-state index is -0.473. The van der Waals surface area contributed by atoms with Crippen LogP contribution in [0.5, 0.6) is 0 Å². The third kappa shape index (κ3) is 3.94.